The average Bonchev–Trinajstić information content (AvgIpc) is 2.22. The van der Waals surface area contributed by atoms with Gasteiger partial charge in [0.15, 0.2) is 0 Å². The van der Waals surface area contributed by atoms with Crippen molar-refractivity contribution in [1.82, 2.24) is 0 Å². The molecular weight excluding hydrogens is 216 g/mol. The lowest BCUT2D eigenvalue weighted by atomic mass is 9.37. The molecule has 0 aromatic rings. The Balaban J connectivity index is 1.91. The number of hydrogen-bond acceptors (Lipinski definition) is 3. The molecule has 94 valence electrons. The predicted molar refractivity (Wildman–Crippen MR) is 63.1 cm³/mol. The Morgan fingerprint density at radius 2 is 2.12 bits per heavy atom. The average molecular weight is 236 g/mol. The van der Waals surface area contributed by atoms with E-state index in [4.69, 9.17) is 4.74 Å². The topological polar surface area (TPSA) is 46.5 Å². The Kier molecular flexibility index (Phi) is 2.08. The number of ether oxygens (including phenoxy) is 1. The zero-order valence-corrected chi connectivity index (χ0v) is 10.5. The van der Waals surface area contributed by atoms with E-state index in [1.807, 2.05) is 13.8 Å². The largest absolute Gasteiger partial charge is 0.455 e. The van der Waals surface area contributed by atoms with E-state index in [0.29, 0.717) is 11.8 Å². The fourth-order valence-electron chi connectivity index (χ4n) is 4.60. The van der Waals surface area contributed by atoms with E-state index < -0.39 is 11.2 Å². The van der Waals surface area contributed by atoms with Crippen LogP contribution in [-0.2, 0) is 9.53 Å². The van der Waals surface area contributed by atoms with Crippen LogP contribution in [0.15, 0.2) is 12.7 Å². The molecule has 3 fully saturated rings. The standard InChI is InChI=1S/C14H20O3/c1-4-11(15)17-14-7-10-5-9(12(10)14)6-13(3,16)8(14)2/h4,8-10,12,16H,1,5-7H2,2-3H3. The summed E-state index contributed by atoms with van der Waals surface area (Å²) < 4.78 is 5.66. The minimum atomic E-state index is -0.714. The molecule has 3 saturated carbocycles. The van der Waals surface area contributed by atoms with E-state index in [1.165, 1.54) is 12.5 Å². The Hall–Kier alpha value is -0.830. The van der Waals surface area contributed by atoms with Crippen LogP contribution in [0.25, 0.3) is 0 Å². The van der Waals surface area contributed by atoms with Gasteiger partial charge in [-0.3, -0.25) is 0 Å². The second kappa shape index (κ2) is 3.14. The van der Waals surface area contributed by atoms with Gasteiger partial charge in [0.25, 0.3) is 0 Å². The maximum atomic E-state index is 11.5. The third kappa shape index (κ3) is 1.23. The van der Waals surface area contributed by atoms with Crippen molar-refractivity contribution in [3.8, 4) is 0 Å². The summed E-state index contributed by atoms with van der Waals surface area (Å²) in [6.45, 7) is 7.35. The maximum absolute atomic E-state index is 11.5. The van der Waals surface area contributed by atoms with Crippen LogP contribution >= 0.6 is 0 Å². The molecule has 0 aromatic carbocycles. The molecule has 0 saturated heterocycles. The minimum Gasteiger partial charge on any atom is -0.455 e. The third-order valence-corrected chi connectivity index (χ3v) is 5.57. The van der Waals surface area contributed by atoms with Gasteiger partial charge in [0.05, 0.1) is 5.60 Å². The number of carbonyl (C=O) groups is 1. The van der Waals surface area contributed by atoms with Crippen molar-refractivity contribution in [1.29, 1.82) is 0 Å². The molecule has 3 rings (SSSR count). The zero-order chi connectivity index (χ0) is 12.4. The normalized spacial score (nSPS) is 55.0. The highest BCUT2D eigenvalue weighted by atomic mass is 16.6. The highest BCUT2D eigenvalue weighted by Gasteiger charge is 2.73. The van der Waals surface area contributed by atoms with E-state index in [0.717, 1.165) is 18.8 Å². The zero-order valence-electron chi connectivity index (χ0n) is 10.5. The van der Waals surface area contributed by atoms with Gasteiger partial charge in [0, 0.05) is 17.9 Å². The lowest BCUT2D eigenvalue weighted by Gasteiger charge is -2.72. The van der Waals surface area contributed by atoms with E-state index in [9.17, 15) is 9.90 Å². The molecular formula is C14H20O3. The summed E-state index contributed by atoms with van der Waals surface area (Å²) in [6, 6.07) is 0. The van der Waals surface area contributed by atoms with Crippen molar-refractivity contribution < 1.29 is 14.6 Å². The Morgan fingerprint density at radius 1 is 1.47 bits per heavy atom. The molecule has 0 amide bonds. The van der Waals surface area contributed by atoms with Gasteiger partial charge in [-0.2, -0.15) is 0 Å². The van der Waals surface area contributed by atoms with Gasteiger partial charge in [0.1, 0.15) is 5.60 Å². The van der Waals surface area contributed by atoms with Crippen molar-refractivity contribution >= 4 is 5.97 Å². The van der Waals surface area contributed by atoms with Crippen LogP contribution < -0.4 is 0 Å². The van der Waals surface area contributed by atoms with Crippen LogP contribution in [0.4, 0.5) is 0 Å². The highest BCUT2D eigenvalue weighted by molar-refractivity contribution is 5.81. The summed E-state index contributed by atoms with van der Waals surface area (Å²) in [6.07, 6.45) is 4.19. The molecule has 0 heterocycles. The molecule has 0 spiro atoms. The molecule has 6 atom stereocenters. The van der Waals surface area contributed by atoms with Crippen molar-refractivity contribution in [2.75, 3.05) is 0 Å². The van der Waals surface area contributed by atoms with Crippen LogP contribution in [0, 0.1) is 23.7 Å². The predicted octanol–water partition coefficient (Wildman–Crippen LogP) is 1.90. The van der Waals surface area contributed by atoms with Crippen LogP contribution in [0.2, 0.25) is 0 Å². The Morgan fingerprint density at radius 3 is 2.71 bits per heavy atom. The van der Waals surface area contributed by atoms with Crippen LogP contribution in [0.1, 0.15) is 33.1 Å². The van der Waals surface area contributed by atoms with Crippen molar-refractivity contribution in [2.24, 2.45) is 23.7 Å². The lowest BCUT2D eigenvalue weighted by molar-refractivity contribution is -0.313. The maximum Gasteiger partial charge on any atom is 0.330 e. The van der Waals surface area contributed by atoms with Gasteiger partial charge in [-0.25, -0.2) is 4.79 Å². The molecule has 0 radical (unpaired) electrons. The summed E-state index contributed by atoms with van der Waals surface area (Å²) in [5.41, 5.74) is -1.13. The summed E-state index contributed by atoms with van der Waals surface area (Å²) >= 11 is 0. The van der Waals surface area contributed by atoms with E-state index >= 15 is 0 Å². The Bertz CT molecular complexity index is 387. The second-order valence-electron chi connectivity index (χ2n) is 6.35. The molecule has 1 N–H and O–H groups in total. The second-order valence-corrected chi connectivity index (χ2v) is 6.35. The number of rotatable bonds is 2. The van der Waals surface area contributed by atoms with E-state index in [1.54, 1.807) is 0 Å². The number of hydrogen-bond donors (Lipinski definition) is 1. The fraction of sp³-hybridized carbons (Fsp3) is 0.786. The van der Waals surface area contributed by atoms with Gasteiger partial charge in [-0.15, -0.1) is 0 Å². The van der Waals surface area contributed by atoms with Gasteiger partial charge < -0.3 is 9.84 Å². The fourth-order valence-corrected chi connectivity index (χ4v) is 4.60. The van der Waals surface area contributed by atoms with Crippen molar-refractivity contribution in [3.63, 3.8) is 0 Å². The molecule has 3 aliphatic carbocycles. The molecule has 6 unspecified atom stereocenters. The van der Waals surface area contributed by atoms with Gasteiger partial charge >= 0.3 is 5.97 Å². The van der Waals surface area contributed by atoms with Gasteiger partial charge in [-0.1, -0.05) is 13.5 Å². The smallest absolute Gasteiger partial charge is 0.330 e. The quantitative estimate of drug-likeness (QED) is 0.588. The summed E-state index contributed by atoms with van der Waals surface area (Å²) in [5.74, 6) is 1.41. The first kappa shape index (κ1) is 11.3. The molecule has 3 nitrogen and oxygen atoms in total. The Labute approximate surface area is 102 Å². The molecule has 3 heteroatoms. The molecule has 0 bridgehead atoms. The molecule has 3 aliphatic rings. The summed E-state index contributed by atoms with van der Waals surface area (Å²) in [4.78, 5) is 11.5. The molecule has 17 heavy (non-hydrogen) atoms. The first-order valence-electron chi connectivity index (χ1n) is 6.48. The summed E-state index contributed by atoms with van der Waals surface area (Å²) in [7, 11) is 0. The molecule has 0 aliphatic heterocycles. The number of esters is 1. The third-order valence-electron chi connectivity index (χ3n) is 5.57. The highest BCUT2D eigenvalue weighted by Crippen LogP contribution is 2.70. The van der Waals surface area contributed by atoms with Crippen LogP contribution in [0.5, 0.6) is 0 Å². The minimum absolute atomic E-state index is 0.0108. The number of aliphatic hydroxyl groups is 1. The van der Waals surface area contributed by atoms with Crippen molar-refractivity contribution in [2.45, 2.75) is 44.3 Å². The SMILES string of the molecule is C=CC(=O)OC12CC3CC(CC(C)(O)C1C)C32. The first-order chi connectivity index (χ1) is 7.90. The van der Waals surface area contributed by atoms with Gasteiger partial charge in [-0.05, 0) is 38.0 Å². The van der Waals surface area contributed by atoms with Gasteiger partial charge in [0.2, 0.25) is 0 Å². The lowest BCUT2D eigenvalue weighted by Crippen LogP contribution is -2.75. The monoisotopic (exact) mass is 236 g/mol. The molecule has 0 aromatic heterocycles. The summed E-state index contributed by atoms with van der Waals surface area (Å²) in [5, 5.41) is 10.5. The number of carbonyl (C=O) groups excluding carboxylic acids is 1. The van der Waals surface area contributed by atoms with Crippen LogP contribution in [-0.4, -0.2) is 22.3 Å². The van der Waals surface area contributed by atoms with E-state index in [2.05, 4.69) is 6.58 Å². The first-order valence-corrected chi connectivity index (χ1v) is 6.48. The van der Waals surface area contributed by atoms with Crippen molar-refractivity contribution in [3.05, 3.63) is 12.7 Å². The van der Waals surface area contributed by atoms with Crippen LogP contribution in [0.3, 0.4) is 0 Å². The van der Waals surface area contributed by atoms with E-state index in [-0.39, 0.29) is 11.9 Å².